The van der Waals surface area contributed by atoms with Crippen LogP contribution in [0.2, 0.25) is 0 Å². The Balaban J connectivity index is 0.000000179. The molecule has 20 rings (SSSR count). The Kier molecular flexibility index (Phi) is 18.3. The topological polar surface area (TPSA) is 56.4 Å². The number of H-pyrrole nitrogens is 1. The van der Waals surface area contributed by atoms with E-state index in [9.17, 15) is 13.2 Å². The Morgan fingerprint density at radius 1 is 0.229 bits per heavy atom. The van der Waals surface area contributed by atoms with Crippen LogP contribution in [0.15, 0.2) is 364 Å². The fourth-order valence-electron chi connectivity index (χ4n) is 14.8. The molecule has 0 atom stereocenters. The van der Waals surface area contributed by atoms with Crippen LogP contribution in [0.3, 0.4) is 0 Å². The van der Waals surface area contributed by atoms with Crippen molar-refractivity contribution in [2.24, 2.45) is 0 Å². The van der Waals surface area contributed by atoms with Crippen LogP contribution in [0.5, 0.6) is 0 Å². The largest absolute Gasteiger partial charge is 1.00 e. The number of pyridine rings is 2. The van der Waals surface area contributed by atoms with E-state index in [2.05, 4.69) is 303 Å². The van der Waals surface area contributed by atoms with E-state index in [4.69, 9.17) is 4.98 Å². The summed E-state index contributed by atoms with van der Waals surface area (Å²) in [4.78, 5) is 13.5. The minimum atomic E-state index is -0.377. The second-order valence-corrected chi connectivity index (χ2v) is 25.8. The summed E-state index contributed by atoms with van der Waals surface area (Å²) in [5.41, 5.74) is 22.6. The predicted molar refractivity (Wildman–Crippen MR) is 430 cm³/mol. The first-order chi connectivity index (χ1) is 50.8. The normalized spacial score (nSPS) is 11.2. The number of benzene rings is 14. The summed E-state index contributed by atoms with van der Waals surface area (Å²) in [6.07, 6.45) is 0. The molecule has 0 aliphatic heterocycles. The zero-order valence-corrected chi connectivity index (χ0v) is 58.5. The molecular formula is C95H68F3N6Na. The van der Waals surface area contributed by atoms with Gasteiger partial charge in [-0.15, -0.1) is 0 Å². The molecule has 0 amide bonds. The SMILES string of the molecule is C.Fc1cccc(-c2cc(-c3cccc(F)c3)nc(-c3cccc(F)c3)c2)c1.[H-].[HH].[Na+].c1cc(-c2cc(-c3cccc(-n4c5ccccc5c5ccccc54)c3)nc(-c3cccc(-n4c5ccccc5c5ccccc54)c3)c2)cc(-n2c3ccccc3c3ccccc32)c1.c1ccc2c(c1)[nH]c1ccccc12. The van der Waals surface area contributed by atoms with Gasteiger partial charge < -0.3 is 20.1 Å². The molecule has 0 aliphatic rings. The monoisotopic (exact) mass is 1370 g/mol. The summed E-state index contributed by atoms with van der Waals surface area (Å²) in [6.45, 7) is 0. The number of hydrogen-bond donors (Lipinski definition) is 1. The van der Waals surface area contributed by atoms with Gasteiger partial charge in [0, 0.05) is 94.9 Å². The molecule has 6 aromatic heterocycles. The standard InChI is InChI=1S/C59H38N4.C23H14F3N.C12H9N.CH4.Na.H2.H/c1-7-28-54-46(22-1)47-23-2-8-29-55(47)61(54)43-19-13-16-39(34-43)42-37-52(40-17-14-20-44(35-40)62-56-30-9-3-24-48(56)49-25-4-10-31-57(49)62)60-53(38-42)41-18-15-21-45(36-41)63-58-32-11-5-26-50(58)51-27-6-12-33-59(51)63;24-19-7-1-4-15(10-19)18-13-22(16-5-2-8-20(25)11-16)27-23(14-18)17-6-3-9-21(26)12-17;1-3-7-11-9(5-1)10-6-2-4-8-12(10)13-11;;;;/h1-38H;1-14H;1-8,13H;1H4;;1H;/q;;;;+1;;-1. The van der Waals surface area contributed by atoms with Crippen LogP contribution in [0, 0.1) is 17.5 Å². The number of fused-ring (bicyclic) bond motifs is 12. The van der Waals surface area contributed by atoms with Gasteiger partial charge in [-0.2, -0.15) is 0 Å². The van der Waals surface area contributed by atoms with Crippen LogP contribution in [-0.4, -0.2) is 28.7 Å². The number of rotatable bonds is 9. The Bertz CT molecular complexity index is 5890. The third-order valence-electron chi connectivity index (χ3n) is 19.4. The van der Waals surface area contributed by atoms with Crippen molar-refractivity contribution in [1.29, 1.82) is 0 Å². The number of nitrogens with zero attached hydrogens (tertiary/aromatic N) is 5. The quantitative estimate of drug-likeness (QED) is 0.146. The van der Waals surface area contributed by atoms with Crippen LogP contribution in [0.4, 0.5) is 13.2 Å². The van der Waals surface area contributed by atoms with Crippen LogP contribution in [-0.2, 0) is 0 Å². The van der Waals surface area contributed by atoms with Gasteiger partial charge in [0.2, 0.25) is 0 Å². The van der Waals surface area contributed by atoms with Crippen molar-refractivity contribution < 1.29 is 45.6 Å². The number of aromatic amines is 1. The number of hydrogen-bond acceptors (Lipinski definition) is 2. The van der Waals surface area contributed by atoms with Crippen molar-refractivity contribution in [1.82, 2.24) is 28.7 Å². The average molecular weight is 1370 g/mol. The first-order valence-electron chi connectivity index (χ1n) is 34.3. The fourth-order valence-corrected chi connectivity index (χ4v) is 14.8. The van der Waals surface area contributed by atoms with Crippen molar-refractivity contribution in [2.75, 3.05) is 0 Å². The molecule has 0 radical (unpaired) electrons. The van der Waals surface area contributed by atoms with Crippen molar-refractivity contribution >= 4 is 87.2 Å². The third-order valence-corrected chi connectivity index (χ3v) is 19.4. The molecule has 1 N–H and O–H groups in total. The molecule has 500 valence electrons. The molecule has 0 bridgehead atoms. The maximum atomic E-state index is 13.7. The van der Waals surface area contributed by atoms with Crippen LogP contribution >= 0.6 is 0 Å². The molecule has 6 nitrogen and oxygen atoms in total. The van der Waals surface area contributed by atoms with E-state index >= 15 is 0 Å². The van der Waals surface area contributed by atoms with Crippen LogP contribution in [0.1, 0.15) is 10.3 Å². The van der Waals surface area contributed by atoms with E-state index in [1.165, 1.54) is 124 Å². The molecule has 0 fully saturated rings. The first-order valence-corrected chi connectivity index (χ1v) is 34.3. The number of para-hydroxylation sites is 8. The molecule has 0 spiro atoms. The smallest absolute Gasteiger partial charge is 1.00 e. The number of nitrogens with one attached hydrogen (secondary N) is 1. The van der Waals surface area contributed by atoms with Gasteiger partial charge in [-0.3, -0.25) is 0 Å². The molecule has 0 saturated heterocycles. The van der Waals surface area contributed by atoms with Crippen molar-refractivity contribution in [2.45, 2.75) is 7.43 Å². The molecule has 105 heavy (non-hydrogen) atoms. The fraction of sp³-hybridized carbons (Fsp3) is 0.0105. The molecule has 0 saturated carbocycles. The molecule has 10 heteroatoms. The average Bonchev–Trinajstić information content (AvgIpc) is 1.62. The van der Waals surface area contributed by atoms with Crippen molar-refractivity contribution in [3.63, 3.8) is 0 Å². The first kappa shape index (κ1) is 66.9. The summed E-state index contributed by atoms with van der Waals surface area (Å²) in [6, 6.07) is 122. The predicted octanol–water partition coefficient (Wildman–Crippen LogP) is 23.2. The Morgan fingerprint density at radius 2 is 0.457 bits per heavy atom. The maximum absolute atomic E-state index is 13.7. The molecular weight excluding hydrogens is 1310 g/mol. The Labute approximate surface area is 630 Å². The second kappa shape index (κ2) is 28.7. The summed E-state index contributed by atoms with van der Waals surface area (Å²) >= 11 is 0. The second-order valence-electron chi connectivity index (χ2n) is 25.8. The number of aromatic nitrogens is 6. The van der Waals surface area contributed by atoms with Crippen LogP contribution in [0.25, 0.3) is 172 Å². The zero-order chi connectivity index (χ0) is 68.9. The molecule has 6 heterocycles. The third kappa shape index (κ3) is 12.7. The van der Waals surface area contributed by atoms with Gasteiger partial charge in [-0.05, 0) is 168 Å². The van der Waals surface area contributed by atoms with E-state index in [-0.39, 0.29) is 57.3 Å². The van der Waals surface area contributed by atoms with Crippen molar-refractivity contribution in [3.05, 3.63) is 381 Å². The van der Waals surface area contributed by atoms with Crippen LogP contribution < -0.4 is 29.6 Å². The summed E-state index contributed by atoms with van der Waals surface area (Å²) in [5.74, 6) is -1.11. The molecule has 14 aromatic carbocycles. The Morgan fingerprint density at radius 3 is 0.762 bits per heavy atom. The zero-order valence-electron chi connectivity index (χ0n) is 57.5. The van der Waals surface area contributed by atoms with Gasteiger partial charge in [0.05, 0.1) is 55.9 Å². The maximum Gasteiger partial charge on any atom is 1.00 e. The van der Waals surface area contributed by atoms with Gasteiger partial charge >= 0.3 is 29.6 Å². The summed E-state index contributed by atoms with van der Waals surface area (Å²) in [7, 11) is 0. The van der Waals surface area contributed by atoms with Gasteiger partial charge in [-0.1, -0.05) is 226 Å². The van der Waals surface area contributed by atoms with Gasteiger partial charge in [-0.25, -0.2) is 23.1 Å². The number of halogens is 3. The van der Waals surface area contributed by atoms with E-state index in [1.807, 2.05) is 0 Å². The molecule has 0 unspecified atom stereocenters. The summed E-state index contributed by atoms with van der Waals surface area (Å²) < 4.78 is 48.2. The van der Waals surface area contributed by atoms with Gasteiger partial charge in [0.15, 0.2) is 0 Å². The van der Waals surface area contributed by atoms with Gasteiger partial charge in [0.1, 0.15) is 17.5 Å². The van der Waals surface area contributed by atoms with Gasteiger partial charge in [0.25, 0.3) is 0 Å². The Hall–Kier alpha value is -12.6. The summed E-state index contributed by atoms with van der Waals surface area (Å²) in [5, 5.41) is 10.1. The van der Waals surface area contributed by atoms with E-state index in [0.717, 1.165) is 50.7 Å². The van der Waals surface area contributed by atoms with Crippen molar-refractivity contribution in [3.8, 4) is 84.3 Å². The van der Waals surface area contributed by atoms with E-state index in [1.54, 1.807) is 48.5 Å². The minimum absolute atomic E-state index is 0. The minimum Gasteiger partial charge on any atom is -1.00 e. The van der Waals surface area contributed by atoms with E-state index < -0.39 is 0 Å². The van der Waals surface area contributed by atoms with E-state index in [0.29, 0.717) is 33.6 Å². The molecule has 0 aliphatic carbocycles. The molecule has 20 aromatic rings.